The van der Waals surface area contributed by atoms with E-state index in [1.165, 1.54) is 0 Å². The Bertz CT molecular complexity index is 294. The monoisotopic (exact) mass is 285 g/mol. The van der Waals surface area contributed by atoms with Crippen molar-refractivity contribution in [3.63, 3.8) is 0 Å². The highest BCUT2D eigenvalue weighted by molar-refractivity contribution is 5.72. The summed E-state index contributed by atoms with van der Waals surface area (Å²) in [6, 6.07) is 0.587. The zero-order valence-corrected chi connectivity index (χ0v) is 13.5. The molecule has 118 valence electrons. The summed E-state index contributed by atoms with van der Waals surface area (Å²) in [5.74, 6) is -0.125. The summed E-state index contributed by atoms with van der Waals surface area (Å²) in [4.78, 5) is 16.5. The molecule has 0 aromatic carbocycles. The molecule has 0 spiro atoms. The van der Waals surface area contributed by atoms with E-state index in [0.717, 1.165) is 45.6 Å². The third kappa shape index (κ3) is 6.20. The lowest BCUT2D eigenvalue weighted by molar-refractivity contribution is -0.156. The van der Waals surface area contributed by atoms with Gasteiger partial charge in [0.25, 0.3) is 0 Å². The van der Waals surface area contributed by atoms with E-state index in [4.69, 9.17) is 10.5 Å². The molecule has 1 atom stereocenters. The molecule has 0 aliphatic carbocycles. The molecular weight excluding hydrogens is 254 g/mol. The molecule has 5 heteroatoms. The van der Waals surface area contributed by atoms with E-state index in [9.17, 15) is 4.79 Å². The van der Waals surface area contributed by atoms with E-state index in [1.807, 2.05) is 20.8 Å². The van der Waals surface area contributed by atoms with Gasteiger partial charge in [-0.3, -0.25) is 14.6 Å². The number of ether oxygens (including phenoxy) is 1. The van der Waals surface area contributed by atoms with Crippen molar-refractivity contribution in [2.24, 2.45) is 5.73 Å². The van der Waals surface area contributed by atoms with Gasteiger partial charge in [0.15, 0.2) is 0 Å². The largest absolute Gasteiger partial charge is 0.459 e. The molecule has 1 fully saturated rings. The number of piperazine rings is 1. The molecule has 2 N–H and O–H groups in total. The van der Waals surface area contributed by atoms with Crippen molar-refractivity contribution in [1.82, 2.24) is 9.80 Å². The van der Waals surface area contributed by atoms with Gasteiger partial charge in [-0.15, -0.1) is 0 Å². The first-order chi connectivity index (χ1) is 9.35. The minimum atomic E-state index is -0.395. The SMILES string of the molecule is CCC(CCN)N1CCN(CC(=O)OC(C)(C)C)CC1. The van der Waals surface area contributed by atoms with Gasteiger partial charge in [0.1, 0.15) is 5.60 Å². The van der Waals surface area contributed by atoms with Gasteiger partial charge in [0.05, 0.1) is 6.54 Å². The zero-order valence-electron chi connectivity index (χ0n) is 13.5. The predicted octanol–water partition coefficient (Wildman–Crippen LogP) is 1.07. The van der Waals surface area contributed by atoms with Crippen LogP contribution in [-0.2, 0) is 9.53 Å². The van der Waals surface area contributed by atoms with Gasteiger partial charge in [-0.2, -0.15) is 0 Å². The predicted molar refractivity (Wildman–Crippen MR) is 81.6 cm³/mol. The summed E-state index contributed by atoms with van der Waals surface area (Å²) >= 11 is 0. The van der Waals surface area contributed by atoms with Crippen LogP contribution in [0.2, 0.25) is 0 Å². The average Bonchev–Trinajstić information content (AvgIpc) is 2.34. The van der Waals surface area contributed by atoms with Crippen LogP contribution in [0.4, 0.5) is 0 Å². The number of carbonyl (C=O) groups excluding carboxylic acids is 1. The molecule has 0 aromatic heterocycles. The molecule has 1 heterocycles. The molecule has 1 aliphatic heterocycles. The molecule has 5 nitrogen and oxygen atoms in total. The van der Waals surface area contributed by atoms with Gasteiger partial charge < -0.3 is 10.5 Å². The van der Waals surface area contributed by atoms with Crippen LogP contribution in [0.1, 0.15) is 40.5 Å². The highest BCUT2D eigenvalue weighted by Crippen LogP contribution is 2.13. The first kappa shape index (κ1) is 17.4. The lowest BCUT2D eigenvalue weighted by Gasteiger charge is -2.38. The van der Waals surface area contributed by atoms with E-state index < -0.39 is 5.60 Å². The number of rotatable bonds is 6. The fourth-order valence-corrected chi connectivity index (χ4v) is 2.68. The van der Waals surface area contributed by atoms with Crippen molar-refractivity contribution in [3.8, 4) is 0 Å². The van der Waals surface area contributed by atoms with E-state index in [-0.39, 0.29) is 5.97 Å². The number of nitrogens with zero attached hydrogens (tertiary/aromatic N) is 2. The molecule has 20 heavy (non-hydrogen) atoms. The molecule has 1 unspecified atom stereocenters. The molecular formula is C15H31N3O2. The van der Waals surface area contributed by atoms with Gasteiger partial charge >= 0.3 is 5.97 Å². The van der Waals surface area contributed by atoms with Gasteiger partial charge in [0.2, 0.25) is 0 Å². The van der Waals surface area contributed by atoms with Crippen LogP contribution in [0.3, 0.4) is 0 Å². The molecule has 0 radical (unpaired) electrons. The number of esters is 1. The zero-order chi connectivity index (χ0) is 15.2. The Balaban J connectivity index is 2.33. The topological polar surface area (TPSA) is 58.8 Å². The quantitative estimate of drug-likeness (QED) is 0.740. The summed E-state index contributed by atoms with van der Waals surface area (Å²) in [7, 11) is 0. The molecule has 0 amide bonds. The molecule has 1 saturated heterocycles. The molecule has 0 saturated carbocycles. The van der Waals surface area contributed by atoms with Gasteiger partial charge in [-0.05, 0) is 40.2 Å². The van der Waals surface area contributed by atoms with Crippen LogP contribution in [0.15, 0.2) is 0 Å². The highest BCUT2D eigenvalue weighted by atomic mass is 16.6. The Labute approximate surface area is 123 Å². The number of hydrogen-bond donors (Lipinski definition) is 1. The van der Waals surface area contributed by atoms with E-state index in [1.54, 1.807) is 0 Å². The Kier molecular flexibility index (Phi) is 6.92. The van der Waals surface area contributed by atoms with Gasteiger partial charge in [0, 0.05) is 32.2 Å². The number of nitrogens with two attached hydrogens (primary N) is 1. The summed E-state index contributed by atoms with van der Waals surface area (Å²) in [5, 5.41) is 0. The van der Waals surface area contributed by atoms with Crippen molar-refractivity contribution in [2.75, 3.05) is 39.3 Å². The second kappa shape index (κ2) is 7.96. The van der Waals surface area contributed by atoms with Crippen LogP contribution >= 0.6 is 0 Å². The Hall–Kier alpha value is -0.650. The summed E-state index contributed by atoms with van der Waals surface area (Å²) < 4.78 is 5.36. The maximum atomic E-state index is 11.8. The van der Waals surface area contributed by atoms with Crippen LogP contribution in [-0.4, -0.2) is 66.7 Å². The van der Waals surface area contributed by atoms with Crippen LogP contribution < -0.4 is 5.73 Å². The second-order valence-electron chi connectivity index (χ2n) is 6.54. The Morgan fingerprint density at radius 3 is 2.30 bits per heavy atom. The molecule has 0 aromatic rings. The first-order valence-electron chi connectivity index (χ1n) is 7.74. The third-order valence-electron chi connectivity index (χ3n) is 3.67. The molecule has 0 bridgehead atoms. The third-order valence-corrected chi connectivity index (χ3v) is 3.67. The van der Waals surface area contributed by atoms with Crippen molar-refractivity contribution < 1.29 is 9.53 Å². The van der Waals surface area contributed by atoms with E-state index >= 15 is 0 Å². The fourth-order valence-electron chi connectivity index (χ4n) is 2.68. The first-order valence-corrected chi connectivity index (χ1v) is 7.74. The van der Waals surface area contributed by atoms with E-state index in [0.29, 0.717) is 12.6 Å². The van der Waals surface area contributed by atoms with Gasteiger partial charge in [-0.25, -0.2) is 0 Å². The maximum Gasteiger partial charge on any atom is 0.320 e. The lowest BCUT2D eigenvalue weighted by Crippen LogP contribution is -2.52. The number of hydrogen-bond acceptors (Lipinski definition) is 5. The van der Waals surface area contributed by atoms with Crippen LogP contribution in [0.5, 0.6) is 0 Å². The highest BCUT2D eigenvalue weighted by Gasteiger charge is 2.25. The molecule has 1 aliphatic rings. The summed E-state index contributed by atoms with van der Waals surface area (Å²) in [6.07, 6.45) is 2.20. The Morgan fingerprint density at radius 2 is 1.85 bits per heavy atom. The smallest absolute Gasteiger partial charge is 0.320 e. The van der Waals surface area contributed by atoms with Crippen LogP contribution in [0.25, 0.3) is 0 Å². The van der Waals surface area contributed by atoms with Crippen molar-refractivity contribution in [3.05, 3.63) is 0 Å². The fraction of sp³-hybridized carbons (Fsp3) is 0.933. The van der Waals surface area contributed by atoms with Crippen molar-refractivity contribution >= 4 is 5.97 Å². The lowest BCUT2D eigenvalue weighted by atomic mass is 10.1. The van der Waals surface area contributed by atoms with Crippen molar-refractivity contribution in [2.45, 2.75) is 52.2 Å². The van der Waals surface area contributed by atoms with E-state index in [2.05, 4.69) is 16.7 Å². The van der Waals surface area contributed by atoms with Gasteiger partial charge in [-0.1, -0.05) is 6.92 Å². The standard InChI is InChI=1S/C15H31N3O2/c1-5-13(6-7-16)18-10-8-17(9-11-18)12-14(19)20-15(2,3)4/h13H,5-12,16H2,1-4H3. The minimum Gasteiger partial charge on any atom is -0.459 e. The average molecular weight is 285 g/mol. The maximum absolute atomic E-state index is 11.8. The second-order valence-corrected chi connectivity index (χ2v) is 6.54. The Morgan fingerprint density at radius 1 is 1.25 bits per heavy atom. The molecule has 1 rings (SSSR count). The summed E-state index contributed by atoms with van der Waals surface area (Å²) in [6.45, 7) is 13.0. The van der Waals surface area contributed by atoms with Crippen molar-refractivity contribution in [1.29, 1.82) is 0 Å². The normalized spacial score (nSPS) is 19.9. The number of carbonyl (C=O) groups is 1. The summed E-state index contributed by atoms with van der Waals surface area (Å²) in [5.41, 5.74) is 5.27. The minimum absolute atomic E-state index is 0.125. The van der Waals surface area contributed by atoms with Crippen LogP contribution in [0, 0.1) is 0 Å².